The summed E-state index contributed by atoms with van der Waals surface area (Å²) in [5, 5.41) is 2.52. The SMILES string of the molecule is CC(=O)N1CCCN(C(=O)Nc2ccc(C(F)(F)F)nc2)CC1. The van der Waals surface area contributed by atoms with Gasteiger partial charge >= 0.3 is 12.2 Å². The third kappa shape index (κ3) is 4.57. The lowest BCUT2D eigenvalue weighted by Crippen LogP contribution is -2.38. The van der Waals surface area contributed by atoms with E-state index in [4.69, 9.17) is 0 Å². The van der Waals surface area contributed by atoms with Crippen molar-refractivity contribution >= 4 is 17.6 Å². The molecule has 2 rings (SSSR count). The second-order valence-electron chi connectivity index (χ2n) is 5.21. The van der Waals surface area contributed by atoms with Crippen LogP contribution in [0.25, 0.3) is 0 Å². The van der Waals surface area contributed by atoms with Gasteiger partial charge < -0.3 is 15.1 Å². The van der Waals surface area contributed by atoms with E-state index in [0.29, 0.717) is 32.6 Å². The fourth-order valence-corrected chi connectivity index (χ4v) is 2.27. The van der Waals surface area contributed by atoms with Gasteiger partial charge in [0.25, 0.3) is 0 Å². The van der Waals surface area contributed by atoms with E-state index in [2.05, 4.69) is 10.3 Å². The Hall–Kier alpha value is -2.32. The minimum atomic E-state index is -4.51. The zero-order valence-corrected chi connectivity index (χ0v) is 12.6. The zero-order chi connectivity index (χ0) is 17.0. The van der Waals surface area contributed by atoms with Gasteiger partial charge in [-0.2, -0.15) is 13.2 Å². The summed E-state index contributed by atoms with van der Waals surface area (Å²) >= 11 is 0. The number of aromatic nitrogens is 1. The van der Waals surface area contributed by atoms with Crippen LogP contribution in [0.4, 0.5) is 23.7 Å². The molecule has 1 fully saturated rings. The highest BCUT2D eigenvalue weighted by molar-refractivity contribution is 5.89. The highest BCUT2D eigenvalue weighted by atomic mass is 19.4. The van der Waals surface area contributed by atoms with Crippen LogP contribution in [0.2, 0.25) is 0 Å². The summed E-state index contributed by atoms with van der Waals surface area (Å²) < 4.78 is 37.3. The summed E-state index contributed by atoms with van der Waals surface area (Å²) in [5.74, 6) is -0.0424. The average molecular weight is 330 g/mol. The van der Waals surface area contributed by atoms with E-state index in [1.165, 1.54) is 11.8 Å². The molecule has 0 aliphatic carbocycles. The average Bonchev–Trinajstić information content (AvgIpc) is 2.73. The first kappa shape index (κ1) is 17.0. The molecule has 3 amide bonds. The molecule has 126 valence electrons. The quantitative estimate of drug-likeness (QED) is 0.858. The van der Waals surface area contributed by atoms with Crippen molar-refractivity contribution in [3.05, 3.63) is 24.0 Å². The summed E-state index contributed by atoms with van der Waals surface area (Å²) in [6, 6.07) is 1.56. The number of nitrogens with zero attached hydrogens (tertiary/aromatic N) is 3. The Bertz CT molecular complexity index is 574. The maximum absolute atomic E-state index is 12.4. The van der Waals surface area contributed by atoms with Gasteiger partial charge in [0.05, 0.1) is 11.9 Å². The molecule has 1 aromatic rings. The number of carbonyl (C=O) groups excluding carboxylic acids is 2. The first-order valence-electron chi connectivity index (χ1n) is 7.12. The van der Waals surface area contributed by atoms with E-state index in [1.54, 1.807) is 4.90 Å². The Morgan fingerprint density at radius 2 is 1.78 bits per heavy atom. The summed E-state index contributed by atoms with van der Waals surface area (Å²) in [6.45, 7) is 3.35. The number of carbonyl (C=O) groups is 2. The van der Waals surface area contributed by atoms with Crippen LogP contribution in [-0.4, -0.2) is 52.9 Å². The van der Waals surface area contributed by atoms with Crippen LogP contribution >= 0.6 is 0 Å². The topological polar surface area (TPSA) is 65.5 Å². The maximum atomic E-state index is 12.4. The lowest BCUT2D eigenvalue weighted by atomic mass is 10.3. The molecule has 0 radical (unpaired) electrons. The van der Waals surface area contributed by atoms with E-state index >= 15 is 0 Å². The predicted molar refractivity (Wildman–Crippen MR) is 76.7 cm³/mol. The molecular formula is C14H17F3N4O2. The molecule has 0 aromatic carbocycles. The third-order valence-electron chi connectivity index (χ3n) is 3.53. The summed E-state index contributed by atoms with van der Waals surface area (Å²) in [6.07, 6.45) is -2.89. The number of alkyl halides is 3. The fraction of sp³-hybridized carbons (Fsp3) is 0.500. The van der Waals surface area contributed by atoms with E-state index in [1.807, 2.05) is 0 Å². The second kappa shape index (κ2) is 6.84. The van der Waals surface area contributed by atoms with E-state index < -0.39 is 17.9 Å². The molecule has 1 saturated heterocycles. The van der Waals surface area contributed by atoms with Crippen LogP contribution < -0.4 is 5.32 Å². The van der Waals surface area contributed by atoms with Crippen LogP contribution in [0.3, 0.4) is 0 Å². The van der Waals surface area contributed by atoms with Gasteiger partial charge in [0.2, 0.25) is 5.91 Å². The Morgan fingerprint density at radius 3 is 2.35 bits per heavy atom. The van der Waals surface area contributed by atoms with E-state index in [-0.39, 0.29) is 11.6 Å². The second-order valence-corrected chi connectivity index (χ2v) is 5.21. The number of amides is 3. The van der Waals surface area contributed by atoms with Crippen LogP contribution in [0, 0.1) is 0 Å². The van der Waals surface area contributed by atoms with Gasteiger partial charge in [-0.25, -0.2) is 9.78 Å². The third-order valence-corrected chi connectivity index (χ3v) is 3.53. The molecule has 0 saturated carbocycles. The van der Waals surface area contributed by atoms with Crippen LogP contribution in [0.15, 0.2) is 18.3 Å². The van der Waals surface area contributed by atoms with Crippen molar-refractivity contribution < 1.29 is 22.8 Å². The number of nitrogens with one attached hydrogen (secondary N) is 1. The predicted octanol–water partition coefficient (Wildman–Crippen LogP) is 2.19. The van der Waals surface area contributed by atoms with Crippen molar-refractivity contribution in [1.82, 2.24) is 14.8 Å². The van der Waals surface area contributed by atoms with Gasteiger partial charge in [-0.1, -0.05) is 0 Å². The van der Waals surface area contributed by atoms with Gasteiger partial charge in [0.15, 0.2) is 0 Å². The summed E-state index contributed by atoms with van der Waals surface area (Å²) in [4.78, 5) is 30.0. The van der Waals surface area contributed by atoms with Crippen molar-refractivity contribution in [1.29, 1.82) is 0 Å². The number of anilines is 1. The highest BCUT2D eigenvalue weighted by Crippen LogP contribution is 2.27. The normalized spacial score (nSPS) is 16.0. The highest BCUT2D eigenvalue weighted by Gasteiger charge is 2.32. The van der Waals surface area contributed by atoms with Gasteiger partial charge in [-0.15, -0.1) is 0 Å². The largest absolute Gasteiger partial charge is 0.433 e. The standard InChI is InChI=1S/C14H17F3N4O2/c1-10(22)20-5-2-6-21(8-7-20)13(23)19-11-3-4-12(18-9-11)14(15,16)17/h3-4,9H,2,5-8H2,1H3,(H,19,23). The first-order valence-corrected chi connectivity index (χ1v) is 7.12. The number of urea groups is 1. The fourth-order valence-electron chi connectivity index (χ4n) is 2.27. The Kier molecular flexibility index (Phi) is 5.07. The van der Waals surface area contributed by atoms with Crippen molar-refractivity contribution in [3.63, 3.8) is 0 Å². The van der Waals surface area contributed by atoms with Crippen LogP contribution in [0.5, 0.6) is 0 Å². The number of pyridine rings is 1. The molecule has 0 unspecified atom stereocenters. The molecule has 0 bridgehead atoms. The van der Waals surface area contributed by atoms with Crippen molar-refractivity contribution in [2.24, 2.45) is 0 Å². The molecule has 2 heterocycles. The molecule has 23 heavy (non-hydrogen) atoms. The van der Waals surface area contributed by atoms with Crippen LogP contribution in [-0.2, 0) is 11.0 Å². The number of halogens is 3. The van der Waals surface area contributed by atoms with Gasteiger partial charge in [0, 0.05) is 33.1 Å². The Morgan fingerprint density at radius 1 is 1.13 bits per heavy atom. The zero-order valence-electron chi connectivity index (χ0n) is 12.6. The lowest BCUT2D eigenvalue weighted by Gasteiger charge is -2.21. The minimum absolute atomic E-state index is 0.0424. The first-order chi connectivity index (χ1) is 10.8. The molecule has 1 aliphatic heterocycles. The maximum Gasteiger partial charge on any atom is 0.433 e. The Labute approximate surface area is 131 Å². The molecular weight excluding hydrogens is 313 g/mol. The van der Waals surface area contributed by atoms with Crippen molar-refractivity contribution in [3.8, 4) is 0 Å². The monoisotopic (exact) mass is 330 g/mol. The van der Waals surface area contributed by atoms with Gasteiger partial charge in [-0.3, -0.25) is 4.79 Å². The van der Waals surface area contributed by atoms with E-state index in [0.717, 1.165) is 18.3 Å². The number of rotatable bonds is 1. The van der Waals surface area contributed by atoms with Gasteiger partial charge in [-0.05, 0) is 18.6 Å². The van der Waals surface area contributed by atoms with Crippen LogP contribution in [0.1, 0.15) is 19.0 Å². The van der Waals surface area contributed by atoms with Crippen molar-refractivity contribution in [2.45, 2.75) is 19.5 Å². The number of hydrogen-bond acceptors (Lipinski definition) is 3. The Balaban J connectivity index is 1.95. The molecule has 0 atom stereocenters. The molecule has 1 aromatic heterocycles. The molecule has 6 nitrogen and oxygen atoms in total. The van der Waals surface area contributed by atoms with Gasteiger partial charge in [0.1, 0.15) is 5.69 Å². The van der Waals surface area contributed by atoms with E-state index in [9.17, 15) is 22.8 Å². The van der Waals surface area contributed by atoms with Crippen molar-refractivity contribution in [2.75, 3.05) is 31.5 Å². The minimum Gasteiger partial charge on any atom is -0.341 e. The molecule has 0 spiro atoms. The molecule has 1 aliphatic rings. The number of hydrogen-bond donors (Lipinski definition) is 1. The summed E-state index contributed by atoms with van der Waals surface area (Å²) in [5.41, 5.74) is -0.821. The molecule has 9 heteroatoms. The molecule has 1 N–H and O–H groups in total. The smallest absolute Gasteiger partial charge is 0.341 e. The summed E-state index contributed by atoms with van der Waals surface area (Å²) in [7, 11) is 0. The lowest BCUT2D eigenvalue weighted by molar-refractivity contribution is -0.141.